The molecule has 19 heavy (non-hydrogen) atoms. The van der Waals surface area contributed by atoms with Gasteiger partial charge >= 0.3 is 0 Å². The van der Waals surface area contributed by atoms with Gasteiger partial charge in [0.25, 0.3) is 5.69 Å². The van der Waals surface area contributed by atoms with Crippen LogP contribution >= 0.6 is 0 Å². The van der Waals surface area contributed by atoms with Crippen molar-refractivity contribution in [2.75, 3.05) is 5.32 Å². The Morgan fingerprint density at radius 3 is 2.53 bits per heavy atom. The van der Waals surface area contributed by atoms with Crippen molar-refractivity contribution in [3.8, 4) is 0 Å². The van der Waals surface area contributed by atoms with Gasteiger partial charge in [-0.05, 0) is 43.7 Å². The second-order valence-electron chi connectivity index (χ2n) is 6.29. The molecule has 1 atom stereocenters. The monoisotopic (exact) mass is 262 g/mol. The van der Waals surface area contributed by atoms with Crippen molar-refractivity contribution in [3.63, 3.8) is 0 Å². The lowest BCUT2D eigenvalue weighted by atomic mass is 9.87. The minimum Gasteiger partial charge on any atom is -0.381 e. The van der Waals surface area contributed by atoms with Crippen LogP contribution in [-0.2, 0) is 0 Å². The zero-order valence-corrected chi connectivity index (χ0v) is 12.1. The van der Waals surface area contributed by atoms with Gasteiger partial charge in [0.15, 0.2) is 0 Å². The Morgan fingerprint density at radius 2 is 2.00 bits per heavy atom. The molecule has 0 aliphatic heterocycles. The number of nitrogens with zero attached hydrogens (tertiary/aromatic N) is 1. The van der Waals surface area contributed by atoms with Gasteiger partial charge in [-0.2, -0.15) is 0 Å². The molecular weight excluding hydrogens is 240 g/mol. The zero-order chi connectivity index (χ0) is 14.2. The molecule has 1 aromatic rings. The molecule has 4 heteroatoms. The highest BCUT2D eigenvalue weighted by atomic mass is 16.6. The largest absolute Gasteiger partial charge is 0.381 e. The van der Waals surface area contributed by atoms with Crippen LogP contribution in [0, 0.1) is 29.4 Å². The molecule has 1 aromatic carbocycles. The van der Waals surface area contributed by atoms with E-state index in [1.807, 2.05) is 13.0 Å². The van der Waals surface area contributed by atoms with Gasteiger partial charge in [0.2, 0.25) is 0 Å². The molecule has 0 saturated heterocycles. The third-order valence-electron chi connectivity index (χ3n) is 4.33. The van der Waals surface area contributed by atoms with Crippen LogP contribution in [0.2, 0.25) is 0 Å². The van der Waals surface area contributed by atoms with Crippen LogP contribution < -0.4 is 5.32 Å². The predicted molar refractivity (Wildman–Crippen MR) is 77.6 cm³/mol. The van der Waals surface area contributed by atoms with Crippen LogP contribution in [0.4, 0.5) is 11.4 Å². The van der Waals surface area contributed by atoms with Crippen molar-refractivity contribution in [1.29, 1.82) is 0 Å². The average Bonchev–Trinajstić information content (AvgIpc) is 2.61. The van der Waals surface area contributed by atoms with Crippen molar-refractivity contribution in [3.05, 3.63) is 33.4 Å². The van der Waals surface area contributed by atoms with Crippen molar-refractivity contribution in [2.45, 2.75) is 53.0 Å². The third kappa shape index (κ3) is 2.72. The zero-order valence-electron chi connectivity index (χ0n) is 12.1. The molecule has 1 aliphatic rings. The van der Waals surface area contributed by atoms with E-state index in [1.165, 1.54) is 12.8 Å². The van der Waals surface area contributed by atoms with Crippen molar-refractivity contribution in [2.24, 2.45) is 5.41 Å². The quantitative estimate of drug-likeness (QED) is 0.656. The summed E-state index contributed by atoms with van der Waals surface area (Å²) in [6.07, 6.45) is 3.56. The molecule has 4 nitrogen and oxygen atoms in total. The highest BCUT2D eigenvalue weighted by Crippen LogP contribution is 2.40. The minimum absolute atomic E-state index is 0.198. The predicted octanol–water partition coefficient (Wildman–Crippen LogP) is 4.20. The lowest BCUT2D eigenvalue weighted by molar-refractivity contribution is -0.385. The molecule has 104 valence electrons. The maximum Gasteiger partial charge on any atom is 0.274 e. The van der Waals surface area contributed by atoms with E-state index in [1.54, 1.807) is 13.0 Å². The Labute approximate surface area is 114 Å². The van der Waals surface area contributed by atoms with Crippen LogP contribution in [0.5, 0.6) is 0 Å². The number of aryl methyl sites for hydroxylation is 2. The Balaban J connectivity index is 2.30. The Hall–Kier alpha value is -1.58. The summed E-state index contributed by atoms with van der Waals surface area (Å²) in [5, 5.41) is 14.5. The molecular formula is C15H22N2O2. The SMILES string of the molecule is Cc1cc(C)c([N+](=O)[O-])cc1NC1CCCC1(C)C. The molecule has 0 aromatic heterocycles. The Kier molecular flexibility index (Phi) is 3.52. The van der Waals surface area contributed by atoms with Crippen LogP contribution in [0.25, 0.3) is 0 Å². The summed E-state index contributed by atoms with van der Waals surface area (Å²) in [5.74, 6) is 0. The van der Waals surface area contributed by atoms with E-state index < -0.39 is 0 Å². The molecule has 1 unspecified atom stereocenters. The highest BCUT2D eigenvalue weighted by molar-refractivity contribution is 5.60. The van der Waals surface area contributed by atoms with Gasteiger partial charge in [-0.25, -0.2) is 0 Å². The smallest absolute Gasteiger partial charge is 0.274 e. The molecule has 1 aliphatic carbocycles. The lowest BCUT2D eigenvalue weighted by Gasteiger charge is -2.29. The van der Waals surface area contributed by atoms with Gasteiger partial charge in [0.05, 0.1) is 4.92 Å². The van der Waals surface area contributed by atoms with Gasteiger partial charge in [-0.3, -0.25) is 10.1 Å². The highest BCUT2D eigenvalue weighted by Gasteiger charge is 2.34. The van der Waals surface area contributed by atoms with E-state index in [0.717, 1.165) is 23.2 Å². The third-order valence-corrected chi connectivity index (χ3v) is 4.33. The second kappa shape index (κ2) is 4.83. The minimum atomic E-state index is -0.306. The van der Waals surface area contributed by atoms with Crippen LogP contribution in [0.1, 0.15) is 44.2 Å². The molecule has 0 amide bonds. The average molecular weight is 262 g/mol. The van der Waals surface area contributed by atoms with E-state index in [0.29, 0.717) is 6.04 Å². The summed E-state index contributed by atoms with van der Waals surface area (Å²) in [4.78, 5) is 10.7. The van der Waals surface area contributed by atoms with Gasteiger partial charge in [-0.1, -0.05) is 20.3 Å². The molecule has 0 radical (unpaired) electrons. The number of hydrogen-bond acceptors (Lipinski definition) is 3. The maximum absolute atomic E-state index is 11.0. The Morgan fingerprint density at radius 1 is 1.32 bits per heavy atom. The fourth-order valence-electron chi connectivity index (χ4n) is 2.98. The van der Waals surface area contributed by atoms with E-state index in [9.17, 15) is 10.1 Å². The van der Waals surface area contributed by atoms with Gasteiger partial charge in [0.1, 0.15) is 0 Å². The maximum atomic E-state index is 11.0. The summed E-state index contributed by atoms with van der Waals surface area (Å²) in [6, 6.07) is 3.97. The Bertz CT molecular complexity index is 509. The number of benzene rings is 1. The van der Waals surface area contributed by atoms with E-state index in [2.05, 4.69) is 19.2 Å². The summed E-state index contributed by atoms with van der Waals surface area (Å²) < 4.78 is 0. The van der Waals surface area contributed by atoms with E-state index in [-0.39, 0.29) is 16.0 Å². The van der Waals surface area contributed by atoms with Crippen molar-refractivity contribution >= 4 is 11.4 Å². The van der Waals surface area contributed by atoms with Crippen LogP contribution in [-0.4, -0.2) is 11.0 Å². The molecule has 1 saturated carbocycles. The number of hydrogen-bond donors (Lipinski definition) is 1. The number of rotatable bonds is 3. The first kappa shape index (κ1) is 13.8. The van der Waals surface area contributed by atoms with Gasteiger partial charge < -0.3 is 5.32 Å². The molecule has 1 fully saturated rings. The first-order valence-electron chi connectivity index (χ1n) is 6.83. The fourth-order valence-corrected chi connectivity index (χ4v) is 2.98. The van der Waals surface area contributed by atoms with E-state index in [4.69, 9.17) is 0 Å². The molecule has 1 N–H and O–H groups in total. The van der Waals surface area contributed by atoms with Gasteiger partial charge in [0, 0.05) is 23.4 Å². The van der Waals surface area contributed by atoms with Crippen molar-refractivity contribution in [1.82, 2.24) is 0 Å². The first-order chi connectivity index (χ1) is 8.81. The number of nitro groups is 1. The fraction of sp³-hybridized carbons (Fsp3) is 0.600. The first-order valence-corrected chi connectivity index (χ1v) is 6.83. The van der Waals surface area contributed by atoms with E-state index >= 15 is 0 Å². The standard InChI is InChI=1S/C15H22N2O2/c1-10-8-11(2)13(17(18)19)9-12(10)16-14-6-5-7-15(14,3)4/h8-9,14,16H,5-7H2,1-4H3. The molecule has 0 spiro atoms. The summed E-state index contributed by atoms with van der Waals surface area (Å²) in [5.41, 5.74) is 3.15. The normalized spacial score (nSPS) is 21.4. The summed E-state index contributed by atoms with van der Waals surface area (Å²) in [7, 11) is 0. The number of anilines is 1. The second-order valence-corrected chi connectivity index (χ2v) is 6.29. The number of nitrogens with one attached hydrogen (secondary N) is 1. The number of nitro benzene ring substituents is 1. The van der Waals surface area contributed by atoms with Crippen molar-refractivity contribution < 1.29 is 4.92 Å². The molecule has 2 rings (SSSR count). The van der Waals surface area contributed by atoms with Crippen LogP contribution in [0.15, 0.2) is 12.1 Å². The lowest BCUT2D eigenvalue weighted by Crippen LogP contribution is -2.31. The summed E-state index contributed by atoms with van der Waals surface area (Å²) in [6.45, 7) is 8.31. The molecule has 0 heterocycles. The summed E-state index contributed by atoms with van der Waals surface area (Å²) >= 11 is 0. The van der Waals surface area contributed by atoms with Crippen LogP contribution in [0.3, 0.4) is 0 Å². The van der Waals surface area contributed by atoms with Gasteiger partial charge in [-0.15, -0.1) is 0 Å². The topological polar surface area (TPSA) is 55.2 Å². The molecule has 0 bridgehead atoms.